The van der Waals surface area contributed by atoms with Gasteiger partial charge >= 0.3 is 0 Å². The molecule has 6 heteroatoms. The van der Waals surface area contributed by atoms with E-state index in [-0.39, 0.29) is 0 Å². The van der Waals surface area contributed by atoms with E-state index in [9.17, 15) is 0 Å². The highest BCUT2D eigenvalue weighted by atomic mass is 16.5. The molecule has 1 atom stereocenters. The van der Waals surface area contributed by atoms with E-state index in [4.69, 9.17) is 9.73 Å². The van der Waals surface area contributed by atoms with E-state index in [1.807, 2.05) is 12.1 Å². The molecular weight excluding hydrogens is 302 g/mol. The van der Waals surface area contributed by atoms with Gasteiger partial charge in [0.15, 0.2) is 5.96 Å². The molecule has 0 radical (unpaired) electrons. The summed E-state index contributed by atoms with van der Waals surface area (Å²) in [6.45, 7) is 8.97. The van der Waals surface area contributed by atoms with Crippen molar-refractivity contribution in [2.75, 3.05) is 45.9 Å². The summed E-state index contributed by atoms with van der Waals surface area (Å²) in [6, 6.07) is 4.50. The second-order valence-electron chi connectivity index (χ2n) is 6.40. The zero-order valence-corrected chi connectivity index (χ0v) is 14.7. The van der Waals surface area contributed by atoms with Crippen LogP contribution in [0.3, 0.4) is 0 Å². The van der Waals surface area contributed by atoms with Gasteiger partial charge in [0, 0.05) is 31.9 Å². The van der Waals surface area contributed by atoms with E-state index < -0.39 is 0 Å². The van der Waals surface area contributed by atoms with E-state index in [1.165, 1.54) is 32.4 Å². The molecule has 1 aromatic heterocycles. The van der Waals surface area contributed by atoms with E-state index in [0.29, 0.717) is 19.2 Å². The van der Waals surface area contributed by atoms with Crippen molar-refractivity contribution in [2.45, 2.75) is 32.2 Å². The maximum atomic E-state index is 5.68. The van der Waals surface area contributed by atoms with Gasteiger partial charge in [-0.15, -0.1) is 0 Å². The van der Waals surface area contributed by atoms with Crippen molar-refractivity contribution < 1.29 is 4.74 Å². The van der Waals surface area contributed by atoms with Gasteiger partial charge in [-0.2, -0.15) is 0 Å². The fraction of sp³-hybridized carbons (Fsp3) is 0.667. The molecule has 2 aliphatic rings. The van der Waals surface area contributed by atoms with Crippen LogP contribution in [0.25, 0.3) is 0 Å². The number of rotatable bonds is 6. The molecule has 0 bridgehead atoms. The third-order valence-electron chi connectivity index (χ3n) is 4.71. The van der Waals surface area contributed by atoms with Gasteiger partial charge in [-0.3, -0.25) is 9.88 Å². The standard InChI is InChI=1S/C18H29N5O/c1-2-20-18(21-9-13-24-17-6-5-8-19-14-17)23-12-7-16(15-23)22-10-3-4-11-22/h5-6,8,14,16H,2-4,7,9-13,15H2,1H3,(H,20,21). The molecule has 0 aliphatic carbocycles. The van der Waals surface area contributed by atoms with Gasteiger partial charge in [0.1, 0.15) is 12.4 Å². The van der Waals surface area contributed by atoms with Crippen LogP contribution >= 0.6 is 0 Å². The molecule has 1 N–H and O–H groups in total. The first kappa shape index (κ1) is 17.0. The molecule has 6 nitrogen and oxygen atoms in total. The highest BCUT2D eigenvalue weighted by Crippen LogP contribution is 2.20. The lowest BCUT2D eigenvalue weighted by atomic mass is 10.2. The summed E-state index contributed by atoms with van der Waals surface area (Å²) in [5, 5.41) is 3.42. The molecule has 2 aliphatic heterocycles. The number of hydrogen-bond acceptors (Lipinski definition) is 4. The Morgan fingerprint density at radius 1 is 1.38 bits per heavy atom. The van der Waals surface area contributed by atoms with E-state index in [0.717, 1.165) is 31.3 Å². The Balaban J connectivity index is 1.48. The average molecular weight is 331 g/mol. The van der Waals surface area contributed by atoms with E-state index in [2.05, 4.69) is 27.0 Å². The number of likely N-dealkylation sites (tertiary alicyclic amines) is 2. The van der Waals surface area contributed by atoms with Gasteiger partial charge < -0.3 is 15.0 Å². The Morgan fingerprint density at radius 2 is 2.25 bits per heavy atom. The number of hydrogen-bond donors (Lipinski definition) is 1. The number of aliphatic imine (C=N–C) groups is 1. The van der Waals surface area contributed by atoms with Gasteiger partial charge in [-0.05, 0) is 51.4 Å². The summed E-state index contributed by atoms with van der Waals surface area (Å²) in [7, 11) is 0. The van der Waals surface area contributed by atoms with Crippen LogP contribution in [-0.4, -0.2) is 72.7 Å². The Labute approximate surface area is 144 Å². The monoisotopic (exact) mass is 331 g/mol. The van der Waals surface area contributed by atoms with Gasteiger partial charge in [0.25, 0.3) is 0 Å². The molecule has 132 valence electrons. The Hall–Kier alpha value is -1.82. The summed E-state index contributed by atoms with van der Waals surface area (Å²) in [5.41, 5.74) is 0. The zero-order valence-electron chi connectivity index (χ0n) is 14.7. The molecule has 3 heterocycles. The molecular formula is C18H29N5O. The molecule has 0 spiro atoms. The van der Waals surface area contributed by atoms with Gasteiger partial charge in [-0.25, -0.2) is 4.99 Å². The first-order chi connectivity index (χ1) is 11.9. The van der Waals surface area contributed by atoms with Crippen LogP contribution in [0.15, 0.2) is 29.5 Å². The quantitative estimate of drug-likeness (QED) is 0.487. The maximum Gasteiger partial charge on any atom is 0.194 e. The van der Waals surface area contributed by atoms with Crippen molar-refractivity contribution in [3.8, 4) is 5.75 Å². The third kappa shape index (κ3) is 4.60. The number of guanidine groups is 1. The largest absolute Gasteiger partial charge is 0.490 e. The maximum absolute atomic E-state index is 5.68. The zero-order chi connectivity index (χ0) is 16.6. The van der Waals surface area contributed by atoms with Crippen molar-refractivity contribution in [1.82, 2.24) is 20.1 Å². The number of aromatic nitrogens is 1. The minimum Gasteiger partial charge on any atom is -0.490 e. The molecule has 0 aromatic carbocycles. The van der Waals surface area contributed by atoms with Crippen LogP contribution in [-0.2, 0) is 0 Å². The van der Waals surface area contributed by atoms with Crippen LogP contribution in [0.1, 0.15) is 26.2 Å². The minimum absolute atomic E-state index is 0.573. The lowest BCUT2D eigenvalue weighted by Crippen LogP contribution is -2.42. The van der Waals surface area contributed by atoms with E-state index >= 15 is 0 Å². The summed E-state index contributed by atoms with van der Waals surface area (Å²) >= 11 is 0. The molecule has 2 saturated heterocycles. The van der Waals surface area contributed by atoms with Crippen LogP contribution in [0.5, 0.6) is 5.75 Å². The fourth-order valence-electron chi connectivity index (χ4n) is 3.51. The average Bonchev–Trinajstić information content (AvgIpc) is 3.29. The Bertz CT molecular complexity index is 515. The van der Waals surface area contributed by atoms with Crippen LogP contribution < -0.4 is 10.1 Å². The molecule has 1 unspecified atom stereocenters. The Morgan fingerprint density at radius 3 is 3.00 bits per heavy atom. The first-order valence-electron chi connectivity index (χ1n) is 9.17. The summed E-state index contributed by atoms with van der Waals surface area (Å²) in [5.74, 6) is 1.82. The van der Waals surface area contributed by atoms with Crippen molar-refractivity contribution in [2.24, 2.45) is 4.99 Å². The highest BCUT2D eigenvalue weighted by molar-refractivity contribution is 5.80. The number of nitrogens with one attached hydrogen (secondary N) is 1. The SMILES string of the molecule is CCNC(=NCCOc1cccnc1)N1CCC(N2CCCC2)C1. The Kier molecular flexibility index (Phi) is 6.29. The fourth-order valence-corrected chi connectivity index (χ4v) is 3.51. The minimum atomic E-state index is 0.573. The van der Waals surface area contributed by atoms with Crippen molar-refractivity contribution in [3.05, 3.63) is 24.5 Å². The smallest absolute Gasteiger partial charge is 0.194 e. The second kappa shape index (κ2) is 8.87. The van der Waals surface area contributed by atoms with Crippen LogP contribution in [0.4, 0.5) is 0 Å². The molecule has 3 rings (SSSR count). The lowest BCUT2D eigenvalue weighted by Gasteiger charge is -2.25. The summed E-state index contributed by atoms with van der Waals surface area (Å²) in [6.07, 6.45) is 7.44. The molecule has 2 fully saturated rings. The normalized spacial score (nSPS) is 22.1. The lowest BCUT2D eigenvalue weighted by molar-refractivity contribution is 0.249. The summed E-state index contributed by atoms with van der Waals surface area (Å²) < 4.78 is 5.68. The van der Waals surface area contributed by atoms with Crippen LogP contribution in [0.2, 0.25) is 0 Å². The number of pyridine rings is 1. The number of nitrogens with zero attached hydrogens (tertiary/aromatic N) is 4. The molecule has 0 amide bonds. The number of ether oxygens (including phenoxy) is 1. The molecule has 1 aromatic rings. The van der Waals surface area contributed by atoms with Gasteiger partial charge in [0.05, 0.1) is 12.7 Å². The predicted octanol–water partition coefficient (Wildman–Crippen LogP) is 1.60. The summed E-state index contributed by atoms with van der Waals surface area (Å²) in [4.78, 5) is 13.8. The second-order valence-corrected chi connectivity index (χ2v) is 6.40. The van der Waals surface area contributed by atoms with Gasteiger partial charge in [-0.1, -0.05) is 0 Å². The van der Waals surface area contributed by atoms with Crippen molar-refractivity contribution >= 4 is 5.96 Å². The van der Waals surface area contributed by atoms with Crippen LogP contribution in [0, 0.1) is 0 Å². The first-order valence-corrected chi connectivity index (χ1v) is 9.17. The van der Waals surface area contributed by atoms with E-state index in [1.54, 1.807) is 12.4 Å². The van der Waals surface area contributed by atoms with Crippen molar-refractivity contribution in [3.63, 3.8) is 0 Å². The third-order valence-corrected chi connectivity index (χ3v) is 4.71. The van der Waals surface area contributed by atoms with Gasteiger partial charge in [0.2, 0.25) is 0 Å². The topological polar surface area (TPSA) is 53.0 Å². The predicted molar refractivity (Wildman–Crippen MR) is 96.5 cm³/mol. The van der Waals surface area contributed by atoms with Crippen molar-refractivity contribution in [1.29, 1.82) is 0 Å². The molecule has 0 saturated carbocycles. The highest BCUT2D eigenvalue weighted by Gasteiger charge is 2.30. The molecule has 24 heavy (non-hydrogen) atoms.